The second-order valence-corrected chi connectivity index (χ2v) is 6.48. The van der Waals surface area contributed by atoms with Crippen LogP contribution >= 0.6 is 0 Å². The molecular formula is C22H23N3O3. The summed E-state index contributed by atoms with van der Waals surface area (Å²) in [5.41, 5.74) is 3.40. The first-order chi connectivity index (χ1) is 13.6. The number of nitrogens with zero attached hydrogens (tertiary/aromatic N) is 2. The predicted molar refractivity (Wildman–Crippen MR) is 107 cm³/mol. The van der Waals surface area contributed by atoms with Gasteiger partial charge in [-0.05, 0) is 55.3 Å². The summed E-state index contributed by atoms with van der Waals surface area (Å²) in [5.74, 6) is 0.462. The fraction of sp³-hybridized carbons (Fsp3) is 0.227. The van der Waals surface area contributed by atoms with E-state index < -0.39 is 0 Å². The lowest BCUT2D eigenvalue weighted by molar-refractivity contribution is -0.120. The van der Waals surface area contributed by atoms with E-state index in [4.69, 9.17) is 4.74 Å². The number of hydrogen-bond donors (Lipinski definition) is 1. The van der Waals surface area contributed by atoms with Gasteiger partial charge in [0.15, 0.2) is 5.78 Å². The minimum atomic E-state index is -0.104. The van der Waals surface area contributed by atoms with Crippen LogP contribution < -0.4 is 10.1 Å². The van der Waals surface area contributed by atoms with Gasteiger partial charge in [-0.3, -0.25) is 9.59 Å². The fourth-order valence-electron chi connectivity index (χ4n) is 2.95. The molecule has 1 aromatic heterocycles. The molecule has 0 aliphatic heterocycles. The van der Waals surface area contributed by atoms with Crippen molar-refractivity contribution in [2.75, 3.05) is 13.7 Å². The smallest absolute Gasteiger partial charge is 0.224 e. The van der Waals surface area contributed by atoms with E-state index in [1.807, 2.05) is 36.5 Å². The highest BCUT2D eigenvalue weighted by Crippen LogP contribution is 2.21. The summed E-state index contributed by atoms with van der Waals surface area (Å²) in [5, 5.41) is 7.13. The highest BCUT2D eigenvalue weighted by molar-refractivity contribution is 5.94. The van der Waals surface area contributed by atoms with E-state index in [9.17, 15) is 9.59 Å². The minimum Gasteiger partial charge on any atom is -0.496 e. The monoisotopic (exact) mass is 377 g/mol. The number of rotatable bonds is 8. The average Bonchev–Trinajstić information content (AvgIpc) is 3.23. The summed E-state index contributed by atoms with van der Waals surface area (Å²) >= 11 is 0. The molecule has 0 radical (unpaired) electrons. The largest absolute Gasteiger partial charge is 0.496 e. The molecule has 0 bridgehead atoms. The Morgan fingerprint density at radius 2 is 1.93 bits per heavy atom. The summed E-state index contributed by atoms with van der Waals surface area (Å²) in [6.45, 7) is 2.04. The molecule has 1 amide bonds. The molecule has 6 heteroatoms. The third-order valence-corrected chi connectivity index (χ3v) is 4.48. The standard InChI is InChI=1S/C22H23N3O3/c1-16(26)18-6-9-21(28-2)19(14-18)15-22(27)23-12-10-17-4-7-20(8-5-17)25-13-3-11-24-25/h3-9,11,13-14H,10,12,15H2,1-2H3,(H,23,27). The number of carbonyl (C=O) groups excluding carboxylic acids is 2. The molecule has 144 valence electrons. The Kier molecular flexibility index (Phi) is 6.22. The lowest BCUT2D eigenvalue weighted by Gasteiger charge is -2.11. The van der Waals surface area contributed by atoms with Gasteiger partial charge in [0.05, 0.1) is 19.2 Å². The summed E-state index contributed by atoms with van der Waals surface area (Å²) in [6, 6.07) is 15.1. The van der Waals surface area contributed by atoms with Gasteiger partial charge in [0.1, 0.15) is 5.75 Å². The van der Waals surface area contributed by atoms with Gasteiger partial charge < -0.3 is 10.1 Å². The first-order valence-electron chi connectivity index (χ1n) is 9.10. The van der Waals surface area contributed by atoms with E-state index in [1.54, 1.807) is 36.2 Å². The molecule has 0 saturated heterocycles. The van der Waals surface area contributed by atoms with Crippen molar-refractivity contribution in [3.05, 3.63) is 77.6 Å². The van der Waals surface area contributed by atoms with Crippen molar-refractivity contribution in [1.82, 2.24) is 15.1 Å². The van der Waals surface area contributed by atoms with Crippen molar-refractivity contribution < 1.29 is 14.3 Å². The fourth-order valence-corrected chi connectivity index (χ4v) is 2.95. The number of amides is 1. The molecule has 0 unspecified atom stereocenters. The van der Waals surface area contributed by atoms with Crippen LogP contribution in [0.1, 0.15) is 28.4 Å². The number of nitrogens with one attached hydrogen (secondary N) is 1. The van der Waals surface area contributed by atoms with E-state index in [0.717, 1.165) is 17.7 Å². The molecule has 0 aliphatic rings. The molecule has 0 saturated carbocycles. The normalized spacial score (nSPS) is 10.5. The van der Waals surface area contributed by atoms with E-state index in [1.165, 1.54) is 6.92 Å². The number of ether oxygens (including phenoxy) is 1. The number of methoxy groups -OCH3 is 1. The van der Waals surface area contributed by atoms with Gasteiger partial charge in [-0.15, -0.1) is 0 Å². The van der Waals surface area contributed by atoms with Crippen molar-refractivity contribution in [3.63, 3.8) is 0 Å². The van der Waals surface area contributed by atoms with Gasteiger partial charge in [-0.2, -0.15) is 5.10 Å². The zero-order chi connectivity index (χ0) is 19.9. The van der Waals surface area contributed by atoms with Crippen molar-refractivity contribution in [2.45, 2.75) is 19.8 Å². The van der Waals surface area contributed by atoms with E-state index in [0.29, 0.717) is 23.4 Å². The van der Waals surface area contributed by atoms with Crippen LogP contribution in [0.25, 0.3) is 5.69 Å². The van der Waals surface area contributed by atoms with E-state index in [2.05, 4.69) is 10.4 Å². The number of benzene rings is 2. The number of Topliss-reactive ketones (excluding diaryl/α,β-unsaturated/α-hetero) is 1. The van der Waals surface area contributed by atoms with Crippen molar-refractivity contribution in [3.8, 4) is 11.4 Å². The number of hydrogen-bond acceptors (Lipinski definition) is 4. The average molecular weight is 377 g/mol. The van der Waals surface area contributed by atoms with Crippen molar-refractivity contribution in [2.24, 2.45) is 0 Å². The number of aromatic nitrogens is 2. The van der Waals surface area contributed by atoms with Crippen LogP contribution in [0.2, 0.25) is 0 Å². The van der Waals surface area contributed by atoms with Gasteiger partial charge in [0.2, 0.25) is 5.91 Å². The number of carbonyl (C=O) groups is 2. The first kappa shape index (κ1) is 19.4. The van der Waals surface area contributed by atoms with Gasteiger partial charge in [-0.1, -0.05) is 12.1 Å². The molecule has 1 N–H and O–H groups in total. The molecule has 0 spiro atoms. The third kappa shape index (κ3) is 4.85. The van der Waals surface area contributed by atoms with Crippen LogP contribution in [0.3, 0.4) is 0 Å². The minimum absolute atomic E-state index is 0.0390. The number of ketones is 1. The lowest BCUT2D eigenvalue weighted by atomic mass is 10.0. The van der Waals surface area contributed by atoms with Crippen molar-refractivity contribution in [1.29, 1.82) is 0 Å². The Bertz CT molecular complexity index is 948. The molecule has 0 aliphatic carbocycles. The lowest BCUT2D eigenvalue weighted by Crippen LogP contribution is -2.27. The Labute approximate surface area is 164 Å². The second kappa shape index (κ2) is 8.99. The van der Waals surface area contributed by atoms with Crippen LogP contribution in [0.15, 0.2) is 60.9 Å². The van der Waals surface area contributed by atoms with Crippen LogP contribution in [0, 0.1) is 0 Å². The quantitative estimate of drug-likeness (QED) is 0.613. The maximum Gasteiger partial charge on any atom is 0.224 e. The van der Waals surface area contributed by atoms with Gasteiger partial charge in [-0.25, -0.2) is 4.68 Å². The molecule has 6 nitrogen and oxygen atoms in total. The summed E-state index contributed by atoms with van der Waals surface area (Å²) in [7, 11) is 1.55. The zero-order valence-electron chi connectivity index (χ0n) is 16.0. The molecule has 0 atom stereocenters. The topological polar surface area (TPSA) is 73.2 Å². The highest BCUT2D eigenvalue weighted by atomic mass is 16.5. The molecule has 0 fully saturated rings. The first-order valence-corrected chi connectivity index (χ1v) is 9.10. The molecule has 28 heavy (non-hydrogen) atoms. The van der Waals surface area contributed by atoms with E-state index >= 15 is 0 Å². The van der Waals surface area contributed by atoms with Crippen LogP contribution in [0.5, 0.6) is 5.75 Å². The van der Waals surface area contributed by atoms with E-state index in [-0.39, 0.29) is 18.1 Å². The second-order valence-electron chi connectivity index (χ2n) is 6.48. The molecule has 1 heterocycles. The zero-order valence-corrected chi connectivity index (χ0v) is 16.0. The van der Waals surface area contributed by atoms with Crippen molar-refractivity contribution >= 4 is 11.7 Å². The van der Waals surface area contributed by atoms with Gasteiger partial charge in [0.25, 0.3) is 0 Å². The molecular weight excluding hydrogens is 354 g/mol. The summed E-state index contributed by atoms with van der Waals surface area (Å²) in [4.78, 5) is 23.9. The third-order valence-electron chi connectivity index (χ3n) is 4.48. The van der Waals surface area contributed by atoms with Gasteiger partial charge >= 0.3 is 0 Å². The maximum atomic E-state index is 12.3. The summed E-state index contributed by atoms with van der Waals surface area (Å²) in [6.07, 6.45) is 4.54. The maximum absolute atomic E-state index is 12.3. The predicted octanol–water partition coefficient (Wildman–Crippen LogP) is 2.98. The van der Waals surface area contributed by atoms with Crippen LogP contribution in [-0.2, 0) is 17.6 Å². The van der Waals surface area contributed by atoms with Crippen LogP contribution in [-0.4, -0.2) is 35.1 Å². The molecule has 3 aromatic rings. The van der Waals surface area contributed by atoms with Crippen LogP contribution in [0.4, 0.5) is 0 Å². The Morgan fingerprint density at radius 3 is 2.57 bits per heavy atom. The molecule has 2 aromatic carbocycles. The SMILES string of the molecule is COc1ccc(C(C)=O)cc1CC(=O)NCCc1ccc(-n2cccn2)cc1. The Balaban J connectivity index is 1.53. The molecule has 3 rings (SSSR count). The highest BCUT2D eigenvalue weighted by Gasteiger charge is 2.11. The Morgan fingerprint density at radius 1 is 1.14 bits per heavy atom. The Hall–Kier alpha value is -3.41. The van der Waals surface area contributed by atoms with Gasteiger partial charge in [0, 0.05) is 30.1 Å². The summed E-state index contributed by atoms with van der Waals surface area (Å²) < 4.78 is 7.10.